The molecule has 0 atom stereocenters. The van der Waals surface area contributed by atoms with Gasteiger partial charge < -0.3 is 10.1 Å². The first-order valence-corrected chi connectivity index (χ1v) is 10.8. The number of nitrogens with zero attached hydrogens (tertiary/aromatic N) is 4. The summed E-state index contributed by atoms with van der Waals surface area (Å²) < 4.78 is 20.3. The van der Waals surface area contributed by atoms with Crippen molar-refractivity contribution in [3.63, 3.8) is 0 Å². The SMILES string of the molecule is COc1ccc(CNC(=O)CSc2nnc(-c3ccc(F)cc3)n2-c2ccccc2)cn1. The smallest absolute Gasteiger partial charge is 0.230 e. The van der Waals surface area contributed by atoms with Crippen molar-refractivity contribution in [2.45, 2.75) is 11.7 Å². The van der Waals surface area contributed by atoms with Gasteiger partial charge in [-0.2, -0.15) is 0 Å². The Labute approximate surface area is 188 Å². The maximum atomic E-state index is 13.4. The summed E-state index contributed by atoms with van der Waals surface area (Å²) in [5.41, 5.74) is 2.45. The number of para-hydroxylation sites is 1. The lowest BCUT2D eigenvalue weighted by Crippen LogP contribution is -2.24. The van der Waals surface area contributed by atoms with Gasteiger partial charge in [0.2, 0.25) is 11.8 Å². The highest BCUT2D eigenvalue weighted by atomic mass is 32.2. The van der Waals surface area contributed by atoms with Gasteiger partial charge in [0.05, 0.1) is 12.9 Å². The Kier molecular flexibility index (Phi) is 6.76. The van der Waals surface area contributed by atoms with Gasteiger partial charge in [-0.05, 0) is 42.0 Å². The lowest BCUT2D eigenvalue weighted by atomic mass is 10.2. The number of methoxy groups -OCH3 is 1. The van der Waals surface area contributed by atoms with E-state index in [1.807, 2.05) is 41.0 Å². The van der Waals surface area contributed by atoms with Crippen LogP contribution in [0.25, 0.3) is 17.1 Å². The number of pyridine rings is 1. The van der Waals surface area contributed by atoms with Crippen molar-refractivity contribution in [3.8, 4) is 23.0 Å². The van der Waals surface area contributed by atoms with E-state index in [0.717, 1.165) is 16.8 Å². The largest absolute Gasteiger partial charge is 0.481 e. The number of halogens is 1. The van der Waals surface area contributed by atoms with E-state index in [4.69, 9.17) is 4.74 Å². The number of hydrogen-bond donors (Lipinski definition) is 1. The van der Waals surface area contributed by atoms with Crippen LogP contribution in [0.5, 0.6) is 5.88 Å². The van der Waals surface area contributed by atoms with E-state index in [0.29, 0.717) is 23.4 Å². The number of benzene rings is 2. The van der Waals surface area contributed by atoms with Crippen molar-refractivity contribution < 1.29 is 13.9 Å². The molecule has 9 heteroatoms. The molecule has 0 saturated heterocycles. The quantitative estimate of drug-likeness (QED) is 0.411. The third-order valence-corrected chi connectivity index (χ3v) is 5.51. The molecule has 0 aliphatic carbocycles. The zero-order valence-electron chi connectivity index (χ0n) is 17.2. The Balaban J connectivity index is 1.48. The molecule has 4 aromatic rings. The van der Waals surface area contributed by atoms with Gasteiger partial charge in [0.15, 0.2) is 11.0 Å². The molecule has 0 aliphatic rings. The Hall–Kier alpha value is -3.72. The van der Waals surface area contributed by atoms with Gasteiger partial charge in [-0.1, -0.05) is 36.0 Å². The molecule has 2 heterocycles. The minimum Gasteiger partial charge on any atom is -0.481 e. The number of nitrogens with one attached hydrogen (secondary N) is 1. The van der Waals surface area contributed by atoms with Gasteiger partial charge in [0, 0.05) is 30.1 Å². The van der Waals surface area contributed by atoms with Crippen LogP contribution in [0.1, 0.15) is 5.56 Å². The van der Waals surface area contributed by atoms with Crippen molar-refractivity contribution in [3.05, 3.63) is 84.3 Å². The van der Waals surface area contributed by atoms with Crippen LogP contribution in [0.4, 0.5) is 4.39 Å². The Morgan fingerprint density at radius 3 is 2.53 bits per heavy atom. The summed E-state index contributed by atoms with van der Waals surface area (Å²) in [6.07, 6.45) is 1.66. The van der Waals surface area contributed by atoms with E-state index in [9.17, 15) is 9.18 Å². The molecule has 0 unspecified atom stereocenters. The molecule has 32 heavy (non-hydrogen) atoms. The molecule has 0 fully saturated rings. The Bertz CT molecular complexity index is 1180. The van der Waals surface area contributed by atoms with Crippen LogP contribution in [0, 0.1) is 5.82 Å². The van der Waals surface area contributed by atoms with Gasteiger partial charge in [-0.15, -0.1) is 10.2 Å². The first kappa shape index (κ1) is 21.5. The molecule has 7 nitrogen and oxygen atoms in total. The van der Waals surface area contributed by atoms with Crippen LogP contribution in [0.2, 0.25) is 0 Å². The minimum atomic E-state index is -0.321. The molecule has 0 radical (unpaired) electrons. The number of ether oxygens (including phenoxy) is 1. The summed E-state index contributed by atoms with van der Waals surface area (Å²) in [6.45, 7) is 0.364. The van der Waals surface area contributed by atoms with E-state index in [1.54, 1.807) is 31.5 Å². The van der Waals surface area contributed by atoms with E-state index >= 15 is 0 Å². The molecular weight excluding hydrogens is 429 g/mol. The lowest BCUT2D eigenvalue weighted by Gasteiger charge is -2.10. The van der Waals surface area contributed by atoms with E-state index < -0.39 is 0 Å². The first-order valence-electron chi connectivity index (χ1n) is 9.79. The standard InChI is InChI=1S/C23H20FN5O2S/c1-31-21-12-7-16(14-26-21)13-25-20(30)15-32-23-28-27-22(17-8-10-18(24)11-9-17)29(23)19-5-3-2-4-6-19/h2-12,14H,13,15H2,1H3,(H,25,30). The fourth-order valence-electron chi connectivity index (χ4n) is 2.98. The van der Waals surface area contributed by atoms with Crippen molar-refractivity contribution in [2.24, 2.45) is 0 Å². The fraction of sp³-hybridized carbons (Fsp3) is 0.130. The normalized spacial score (nSPS) is 10.7. The first-order chi connectivity index (χ1) is 15.6. The summed E-state index contributed by atoms with van der Waals surface area (Å²) in [4.78, 5) is 16.5. The van der Waals surface area contributed by atoms with Crippen molar-refractivity contribution >= 4 is 17.7 Å². The van der Waals surface area contributed by atoms with Crippen molar-refractivity contribution in [1.29, 1.82) is 0 Å². The number of hydrogen-bond acceptors (Lipinski definition) is 6. The molecule has 1 N–H and O–H groups in total. The van der Waals surface area contributed by atoms with Gasteiger partial charge >= 0.3 is 0 Å². The van der Waals surface area contributed by atoms with E-state index in [2.05, 4.69) is 20.5 Å². The highest BCUT2D eigenvalue weighted by Gasteiger charge is 2.17. The Morgan fingerprint density at radius 2 is 1.84 bits per heavy atom. The van der Waals surface area contributed by atoms with Crippen LogP contribution < -0.4 is 10.1 Å². The number of carbonyl (C=O) groups is 1. The average molecular weight is 450 g/mol. The molecule has 0 aliphatic heterocycles. The molecule has 4 rings (SSSR count). The second kappa shape index (κ2) is 10.1. The van der Waals surface area contributed by atoms with Crippen LogP contribution in [0.3, 0.4) is 0 Å². The number of rotatable bonds is 8. The highest BCUT2D eigenvalue weighted by molar-refractivity contribution is 7.99. The number of amides is 1. The van der Waals surface area contributed by atoms with E-state index in [-0.39, 0.29) is 17.5 Å². The van der Waals surface area contributed by atoms with Crippen molar-refractivity contribution in [2.75, 3.05) is 12.9 Å². The maximum Gasteiger partial charge on any atom is 0.230 e. The maximum absolute atomic E-state index is 13.4. The average Bonchev–Trinajstić information content (AvgIpc) is 3.26. The Morgan fingerprint density at radius 1 is 1.06 bits per heavy atom. The number of carbonyl (C=O) groups excluding carboxylic acids is 1. The van der Waals surface area contributed by atoms with Crippen LogP contribution in [-0.2, 0) is 11.3 Å². The fourth-order valence-corrected chi connectivity index (χ4v) is 3.76. The topological polar surface area (TPSA) is 81.9 Å². The third kappa shape index (κ3) is 5.12. The van der Waals surface area contributed by atoms with Crippen molar-refractivity contribution in [1.82, 2.24) is 25.1 Å². The zero-order chi connectivity index (χ0) is 22.3. The predicted molar refractivity (Wildman–Crippen MR) is 120 cm³/mol. The summed E-state index contributed by atoms with van der Waals surface area (Å²) in [5, 5.41) is 12.0. The van der Waals surface area contributed by atoms with Gasteiger partial charge in [0.1, 0.15) is 5.82 Å². The summed E-state index contributed by atoms with van der Waals surface area (Å²) >= 11 is 1.28. The second-order valence-electron chi connectivity index (χ2n) is 6.76. The molecular formula is C23H20FN5O2S. The molecule has 2 aromatic heterocycles. The number of thioether (sulfide) groups is 1. The molecule has 1 amide bonds. The summed E-state index contributed by atoms with van der Waals surface area (Å²) in [7, 11) is 1.55. The second-order valence-corrected chi connectivity index (χ2v) is 7.70. The number of aromatic nitrogens is 4. The third-order valence-electron chi connectivity index (χ3n) is 4.58. The van der Waals surface area contributed by atoms with Gasteiger partial charge in [-0.3, -0.25) is 9.36 Å². The van der Waals surface area contributed by atoms with Crippen LogP contribution in [0.15, 0.2) is 78.1 Å². The summed E-state index contributed by atoms with van der Waals surface area (Å²) in [5.74, 6) is 0.795. The molecule has 0 saturated carbocycles. The van der Waals surface area contributed by atoms with Gasteiger partial charge in [0.25, 0.3) is 0 Å². The molecule has 0 spiro atoms. The zero-order valence-corrected chi connectivity index (χ0v) is 18.1. The van der Waals surface area contributed by atoms with E-state index in [1.165, 1.54) is 23.9 Å². The highest BCUT2D eigenvalue weighted by Crippen LogP contribution is 2.28. The van der Waals surface area contributed by atoms with Crippen LogP contribution in [-0.4, -0.2) is 38.5 Å². The monoisotopic (exact) mass is 449 g/mol. The van der Waals surface area contributed by atoms with Gasteiger partial charge in [-0.25, -0.2) is 9.37 Å². The predicted octanol–water partition coefficient (Wildman–Crippen LogP) is 3.89. The van der Waals surface area contributed by atoms with Crippen LogP contribution >= 0.6 is 11.8 Å². The summed E-state index contributed by atoms with van der Waals surface area (Å²) in [6, 6.07) is 19.3. The molecule has 162 valence electrons. The lowest BCUT2D eigenvalue weighted by molar-refractivity contribution is -0.118. The molecule has 0 bridgehead atoms. The molecule has 2 aromatic carbocycles. The minimum absolute atomic E-state index is 0.142.